The van der Waals surface area contributed by atoms with Gasteiger partial charge in [0.15, 0.2) is 0 Å². The third-order valence-electron chi connectivity index (χ3n) is 3.94. The number of nitrogens with one attached hydrogen (secondary N) is 1. The van der Waals surface area contributed by atoms with Crippen LogP contribution in [0.4, 0.5) is 0 Å². The van der Waals surface area contributed by atoms with Crippen LogP contribution in [0, 0.1) is 5.92 Å². The lowest BCUT2D eigenvalue weighted by molar-refractivity contribution is 0.0946. The molecule has 2 heterocycles. The van der Waals surface area contributed by atoms with Crippen LogP contribution in [-0.2, 0) is 4.74 Å². The van der Waals surface area contributed by atoms with E-state index < -0.39 is 0 Å². The topological polar surface area (TPSA) is 78.0 Å². The highest BCUT2D eigenvalue weighted by molar-refractivity contribution is 5.32. The molecule has 1 aliphatic heterocycles. The van der Waals surface area contributed by atoms with Gasteiger partial charge in [-0.05, 0) is 25.5 Å². The maximum atomic E-state index is 5.78. The van der Waals surface area contributed by atoms with E-state index in [4.69, 9.17) is 10.6 Å². The van der Waals surface area contributed by atoms with Crippen LogP contribution in [0.3, 0.4) is 0 Å². The van der Waals surface area contributed by atoms with Gasteiger partial charge < -0.3 is 4.74 Å². The first-order valence-corrected chi connectivity index (χ1v) is 6.85. The molecule has 3 N–H and O–H groups in total. The molecule has 0 aliphatic carbocycles. The standard InChI is InChI=1S/C14H19N5O/c1-10-12(7-8-20-10)14(17-15)13-9-16-18-19(13)11-5-3-2-4-6-11/h2-6,9-10,12,14,17H,7-8,15H2,1H3. The second kappa shape index (κ2) is 5.70. The van der Waals surface area contributed by atoms with Crippen LogP contribution in [0.1, 0.15) is 25.1 Å². The van der Waals surface area contributed by atoms with Gasteiger partial charge in [0.25, 0.3) is 0 Å². The summed E-state index contributed by atoms with van der Waals surface area (Å²) in [5.74, 6) is 6.10. The molecule has 0 spiro atoms. The zero-order valence-electron chi connectivity index (χ0n) is 11.4. The maximum Gasteiger partial charge on any atom is 0.0832 e. The molecule has 1 fully saturated rings. The second-order valence-electron chi connectivity index (χ2n) is 5.08. The number of benzene rings is 1. The fourth-order valence-electron chi connectivity index (χ4n) is 2.84. The van der Waals surface area contributed by atoms with Gasteiger partial charge in [0.1, 0.15) is 0 Å². The van der Waals surface area contributed by atoms with Crippen molar-refractivity contribution in [2.75, 3.05) is 6.61 Å². The monoisotopic (exact) mass is 273 g/mol. The van der Waals surface area contributed by atoms with Crippen molar-refractivity contribution in [1.82, 2.24) is 20.4 Å². The summed E-state index contributed by atoms with van der Waals surface area (Å²) in [5, 5.41) is 8.22. The van der Waals surface area contributed by atoms with Gasteiger partial charge in [0.05, 0.1) is 29.7 Å². The number of rotatable bonds is 4. The summed E-state index contributed by atoms with van der Waals surface area (Å²) in [6.07, 6.45) is 2.92. The van der Waals surface area contributed by atoms with Gasteiger partial charge in [0, 0.05) is 12.5 Å². The van der Waals surface area contributed by atoms with Gasteiger partial charge in [-0.15, -0.1) is 5.10 Å². The molecule has 0 bridgehead atoms. The Morgan fingerprint density at radius 3 is 2.85 bits per heavy atom. The highest BCUT2D eigenvalue weighted by Gasteiger charge is 2.34. The first kappa shape index (κ1) is 13.2. The Kier molecular flexibility index (Phi) is 3.77. The predicted octanol–water partition coefficient (Wildman–Crippen LogP) is 1.20. The van der Waals surface area contributed by atoms with E-state index in [1.807, 2.05) is 35.0 Å². The molecule has 106 valence electrons. The Balaban J connectivity index is 1.95. The average molecular weight is 273 g/mol. The van der Waals surface area contributed by atoms with Crippen molar-refractivity contribution in [3.05, 3.63) is 42.2 Å². The third-order valence-corrected chi connectivity index (χ3v) is 3.94. The molecule has 1 aromatic carbocycles. The minimum absolute atomic E-state index is 0.0253. The van der Waals surface area contributed by atoms with Crippen molar-refractivity contribution in [1.29, 1.82) is 0 Å². The highest BCUT2D eigenvalue weighted by Crippen LogP contribution is 2.33. The molecule has 0 saturated carbocycles. The fourth-order valence-corrected chi connectivity index (χ4v) is 2.84. The zero-order chi connectivity index (χ0) is 13.9. The van der Waals surface area contributed by atoms with Gasteiger partial charge in [-0.25, -0.2) is 4.68 Å². The zero-order valence-corrected chi connectivity index (χ0v) is 11.4. The number of hydrogen-bond acceptors (Lipinski definition) is 5. The summed E-state index contributed by atoms with van der Waals surface area (Å²) in [5.41, 5.74) is 4.84. The van der Waals surface area contributed by atoms with Crippen LogP contribution >= 0.6 is 0 Å². The SMILES string of the molecule is CC1OCCC1C(NN)c1cnnn1-c1ccccc1. The Bertz CT molecular complexity index is 556. The van der Waals surface area contributed by atoms with Crippen molar-refractivity contribution < 1.29 is 4.74 Å². The predicted molar refractivity (Wildman–Crippen MR) is 74.9 cm³/mol. The molecular weight excluding hydrogens is 254 g/mol. The summed E-state index contributed by atoms with van der Waals surface area (Å²) >= 11 is 0. The molecule has 0 radical (unpaired) electrons. The number of nitrogens with zero attached hydrogens (tertiary/aromatic N) is 3. The quantitative estimate of drug-likeness (QED) is 0.646. The van der Waals surface area contributed by atoms with E-state index in [0.29, 0.717) is 5.92 Å². The smallest absolute Gasteiger partial charge is 0.0832 e. The van der Waals surface area contributed by atoms with Gasteiger partial charge in [-0.2, -0.15) is 0 Å². The number of ether oxygens (including phenoxy) is 1. The molecule has 1 aromatic heterocycles. The highest BCUT2D eigenvalue weighted by atomic mass is 16.5. The molecule has 6 heteroatoms. The van der Waals surface area contributed by atoms with Crippen molar-refractivity contribution in [3.8, 4) is 5.69 Å². The summed E-state index contributed by atoms with van der Waals surface area (Å²) in [6.45, 7) is 2.86. The van der Waals surface area contributed by atoms with Crippen molar-refractivity contribution in [2.24, 2.45) is 11.8 Å². The van der Waals surface area contributed by atoms with E-state index in [1.54, 1.807) is 6.20 Å². The Labute approximate surface area is 117 Å². The summed E-state index contributed by atoms with van der Waals surface area (Å²) < 4.78 is 7.48. The van der Waals surface area contributed by atoms with E-state index in [-0.39, 0.29) is 12.1 Å². The van der Waals surface area contributed by atoms with E-state index >= 15 is 0 Å². The molecule has 0 amide bonds. The summed E-state index contributed by atoms with van der Waals surface area (Å²) in [7, 11) is 0. The molecule has 1 saturated heterocycles. The third kappa shape index (κ3) is 2.33. The van der Waals surface area contributed by atoms with Crippen LogP contribution in [0.2, 0.25) is 0 Å². The van der Waals surface area contributed by atoms with Crippen molar-refractivity contribution >= 4 is 0 Å². The Hall–Kier alpha value is -1.76. The van der Waals surface area contributed by atoms with E-state index in [0.717, 1.165) is 24.4 Å². The van der Waals surface area contributed by atoms with E-state index in [9.17, 15) is 0 Å². The first-order valence-electron chi connectivity index (χ1n) is 6.85. The molecule has 3 rings (SSSR count). The van der Waals surface area contributed by atoms with Crippen LogP contribution in [0.25, 0.3) is 5.69 Å². The van der Waals surface area contributed by atoms with Crippen LogP contribution in [0.5, 0.6) is 0 Å². The number of hydrogen-bond donors (Lipinski definition) is 2. The van der Waals surface area contributed by atoms with Crippen LogP contribution < -0.4 is 11.3 Å². The minimum atomic E-state index is -0.0253. The van der Waals surface area contributed by atoms with Gasteiger partial charge in [-0.1, -0.05) is 23.4 Å². The van der Waals surface area contributed by atoms with Crippen molar-refractivity contribution in [2.45, 2.75) is 25.5 Å². The molecule has 6 nitrogen and oxygen atoms in total. The molecule has 3 atom stereocenters. The lowest BCUT2D eigenvalue weighted by Crippen LogP contribution is -2.37. The second-order valence-corrected chi connectivity index (χ2v) is 5.08. The fraction of sp³-hybridized carbons (Fsp3) is 0.429. The molecular formula is C14H19N5O. The minimum Gasteiger partial charge on any atom is -0.378 e. The molecule has 20 heavy (non-hydrogen) atoms. The Morgan fingerprint density at radius 1 is 1.40 bits per heavy atom. The van der Waals surface area contributed by atoms with Crippen LogP contribution in [-0.4, -0.2) is 27.7 Å². The lowest BCUT2D eigenvalue weighted by Gasteiger charge is -2.25. The summed E-state index contributed by atoms with van der Waals surface area (Å²) in [6, 6.07) is 9.91. The lowest BCUT2D eigenvalue weighted by atomic mass is 9.92. The largest absolute Gasteiger partial charge is 0.378 e. The van der Waals surface area contributed by atoms with Crippen LogP contribution in [0.15, 0.2) is 36.5 Å². The summed E-state index contributed by atoms with van der Waals surface area (Å²) in [4.78, 5) is 0. The number of nitrogens with two attached hydrogens (primary N) is 1. The Morgan fingerprint density at radius 2 is 2.20 bits per heavy atom. The van der Waals surface area contributed by atoms with Gasteiger partial charge in [0.2, 0.25) is 0 Å². The number of hydrazine groups is 1. The first-order chi connectivity index (χ1) is 9.81. The number of para-hydroxylation sites is 1. The van der Waals surface area contributed by atoms with Gasteiger partial charge in [-0.3, -0.25) is 11.3 Å². The normalized spacial score (nSPS) is 23.9. The molecule has 3 unspecified atom stereocenters. The average Bonchev–Trinajstić information content (AvgIpc) is 3.11. The number of aromatic nitrogens is 3. The van der Waals surface area contributed by atoms with E-state index in [1.165, 1.54) is 0 Å². The molecule has 1 aliphatic rings. The van der Waals surface area contributed by atoms with Crippen molar-refractivity contribution in [3.63, 3.8) is 0 Å². The van der Waals surface area contributed by atoms with Gasteiger partial charge >= 0.3 is 0 Å². The maximum absolute atomic E-state index is 5.78. The molecule has 2 aromatic rings. The van der Waals surface area contributed by atoms with E-state index in [2.05, 4.69) is 22.7 Å².